The minimum Gasteiger partial charge on any atom is -0.424 e. The summed E-state index contributed by atoms with van der Waals surface area (Å²) in [5.74, 6) is -0.124. The van der Waals surface area contributed by atoms with Gasteiger partial charge in [-0.3, -0.25) is 0 Å². The fraction of sp³-hybridized carbons (Fsp3) is 0.679. The third-order valence-electron chi connectivity index (χ3n) is 11.0. The second kappa shape index (κ2) is 7.11. The normalized spacial score (nSPS) is 47.5. The number of allylic oxidation sites excluding steroid dienone is 2. The number of likely N-dealkylation sites (N-methyl/N-ethyl adjacent to an activating group) is 1. The van der Waals surface area contributed by atoms with Crippen LogP contribution in [0.5, 0.6) is 0 Å². The first kappa shape index (κ1) is 23.2. The van der Waals surface area contributed by atoms with Crippen LogP contribution in [0.3, 0.4) is 0 Å². The molecule has 194 valence electrons. The molecule has 3 aliphatic carbocycles. The summed E-state index contributed by atoms with van der Waals surface area (Å²) in [7, 11) is 3.90. The topological polar surface area (TPSA) is 125 Å². The van der Waals surface area contributed by atoms with Gasteiger partial charge in [0.15, 0.2) is 5.58 Å². The van der Waals surface area contributed by atoms with E-state index in [-0.39, 0.29) is 29.3 Å². The molecule has 8 heteroatoms. The highest BCUT2D eigenvalue weighted by molar-refractivity contribution is 5.82. The van der Waals surface area contributed by atoms with E-state index in [9.17, 15) is 15.3 Å². The van der Waals surface area contributed by atoms with Crippen LogP contribution in [0.15, 0.2) is 28.7 Å². The van der Waals surface area contributed by atoms with Gasteiger partial charge in [0.05, 0.1) is 23.4 Å². The molecule has 1 aromatic carbocycles. The molecule has 9 atom stereocenters. The Labute approximate surface area is 211 Å². The number of aliphatic hydroxyl groups is 3. The molecule has 2 bridgehead atoms. The summed E-state index contributed by atoms with van der Waals surface area (Å²) in [6.45, 7) is 2.33. The highest BCUT2D eigenvalue weighted by Gasteiger charge is 2.76. The minimum absolute atomic E-state index is 0.138. The molecule has 2 saturated heterocycles. The number of fused-ring (bicyclic) bond motifs is 2. The number of nitrogens with two attached hydrogens (primary N) is 1. The first-order valence-electron chi connectivity index (χ1n) is 13.3. The van der Waals surface area contributed by atoms with Crippen molar-refractivity contribution in [2.24, 2.45) is 17.3 Å². The van der Waals surface area contributed by atoms with Crippen molar-refractivity contribution in [1.29, 1.82) is 0 Å². The molecule has 36 heavy (non-hydrogen) atoms. The highest BCUT2D eigenvalue weighted by atomic mass is 16.6. The molecule has 5 N–H and O–H groups in total. The number of nitrogen functional groups attached to an aromatic ring is 1. The number of nitrogens with zero attached hydrogens (tertiary/aromatic N) is 2. The van der Waals surface area contributed by atoms with E-state index >= 15 is 0 Å². The molecule has 5 aliphatic rings. The van der Waals surface area contributed by atoms with Crippen molar-refractivity contribution < 1.29 is 24.5 Å². The van der Waals surface area contributed by atoms with Gasteiger partial charge in [-0.15, -0.1) is 0 Å². The van der Waals surface area contributed by atoms with Gasteiger partial charge < -0.3 is 35.1 Å². The lowest BCUT2D eigenvalue weighted by atomic mass is 9.51. The number of anilines is 1. The SMILES string of the molecule is CN(C)[C@H]1C[C@@]23CC[C@]4(O2)C2CC=C(c5ccc6oc(N)nc6c5)[C@@]2(C)CCC4(O)CC3[C@@H](O)[C@@H]1O. The second-order valence-electron chi connectivity index (χ2n) is 12.7. The molecular weight excluding hydrogens is 458 g/mol. The standard InChI is InChI=1S/C28H37N3O5/c1-25-8-10-27(34)13-17-22(32)23(33)19(31(2)3)14-26(17)9-11-28(27,36-26)21(25)7-5-16(25)15-4-6-20-18(12-15)30-24(29)35-20/h4-6,12,17,19,21-23,32-34H,7-11,13-14H2,1-3H3,(H2,29,30)/t17?,19-,21?,22+,23+,25+,26+,27?,28-/m0/s1. The summed E-state index contributed by atoms with van der Waals surface area (Å²) in [4.78, 5) is 6.34. The van der Waals surface area contributed by atoms with Gasteiger partial charge in [0, 0.05) is 17.9 Å². The van der Waals surface area contributed by atoms with Crippen molar-refractivity contribution >= 4 is 22.7 Å². The number of hydrogen-bond acceptors (Lipinski definition) is 8. The minimum atomic E-state index is -1.01. The smallest absolute Gasteiger partial charge is 0.292 e. The van der Waals surface area contributed by atoms with E-state index in [1.54, 1.807) is 0 Å². The third kappa shape index (κ3) is 2.69. The quantitative estimate of drug-likeness (QED) is 0.501. The van der Waals surface area contributed by atoms with Crippen molar-refractivity contribution in [2.45, 2.75) is 86.9 Å². The fourth-order valence-corrected chi connectivity index (χ4v) is 9.17. The van der Waals surface area contributed by atoms with Gasteiger partial charge in [-0.2, -0.15) is 4.98 Å². The number of oxazole rings is 1. The lowest BCUT2D eigenvalue weighted by molar-refractivity contribution is -0.331. The summed E-state index contributed by atoms with van der Waals surface area (Å²) in [6, 6.07) is 6.07. The predicted molar refractivity (Wildman–Crippen MR) is 135 cm³/mol. The molecule has 8 nitrogen and oxygen atoms in total. The Hall–Kier alpha value is -1.97. The largest absolute Gasteiger partial charge is 0.424 e. The summed E-state index contributed by atoms with van der Waals surface area (Å²) < 4.78 is 12.7. The number of benzene rings is 1. The molecule has 2 aliphatic heterocycles. The molecule has 1 aromatic heterocycles. The number of aliphatic hydroxyl groups excluding tert-OH is 2. The van der Waals surface area contributed by atoms with Crippen LogP contribution in [-0.4, -0.2) is 74.4 Å². The molecule has 2 aromatic rings. The molecule has 7 rings (SSSR count). The molecule has 3 heterocycles. The number of rotatable bonds is 2. The van der Waals surface area contributed by atoms with E-state index in [4.69, 9.17) is 14.9 Å². The average Bonchev–Trinajstić information content (AvgIpc) is 3.49. The fourth-order valence-electron chi connectivity index (χ4n) is 9.17. The molecule has 0 amide bonds. The third-order valence-corrected chi connectivity index (χ3v) is 11.0. The van der Waals surface area contributed by atoms with Crippen molar-refractivity contribution in [1.82, 2.24) is 9.88 Å². The van der Waals surface area contributed by atoms with Crippen LogP contribution < -0.4 is 5.73 Å². The average molecular weight is 496 g/mol. The van der Waals surface area contributed by atoms with Crippen LogP contribution in [0.2, 0.25) is 0 Å². The first-order valence-corrected chi connectivity index (χ1v) is 13.3. The van der Waals surface area contributed by atoms with Crippen molar-refractivity contribution in [3.8, 4) is 0 Å². The molecule has 2 saturated carbocycles. The zero-order chi connectivity index (χ0) is 25.3. The number of ether oxygens (including phenoxy) is 1. The van der Waals surface area contributed by atoms with Gasteiger partial charge in [-0.1, -0.05) is 19.1 Å². The monoisotopic (exact) mass is 495 g/mol. The first-order chi connectivity index (χ1) is 17.0. The van der Waals surface area contributed by atoms with Gasteiger partial charge >= 0.3 is 0 Å². The van der Waals surface area contributed by atoms with Crippen LogP contribution in [0.25, 0.3) is 16.7 Å². The summed E-state index contributed by atoms with van der Waals surface area (Å²) in [5.41, 5.74) is 7.28. The zero-order valence-electron chi connectivity index (χ0n) is 21.3. The van der Waals surface area contributed by atoms with Gasteiger partial charge in [-0.25, -0.2) is 0 Å². The van der Waals surface area contributed by atoms with Gasteiger partial charge in [-0.05, 0) is 87.7 Å². The molecule has 0 radical (unpaired) electrons. The van der Waals surface area contributed by atoms with E-state index in [2.05, 4.69) is 30.1 Å². The number of aromatic nitrogens is 1. The highest BCUT2D eigenvalue weighted by Crippen LogP contribution is 2.71. The Morgan fingerprint density at radius 1 is 1.08 bits per heavy atom. The Bertz CT molecular complexity index is 1280. The maximum absolute atomic E-state index is 12.3. The Morgan fingerprint density at radius 2 is 1.89 bits per heavy atom. The van der Waals surface area contributed by atoms with Crippen LogP contribution in [0.4, 0.5) is 6.01 Å². The zero-order valence-corrected chi connectivity index (χ0v) is 21.3. The van der Waals surface area contributed by atoms with Crippen LogP contribution >= 0.6 is 0 Å². The molecule has 2 spiro atoms. The van der Waals surface area contributed by atoms with E-state index in [1.807, 2.05) is 25.1 Å². The lowest BCUT2D eigenvalue weighted by Gasteiger charge is -2.65. The maximum Gasteiger partial charge on any atom is 0.292 e. The summed E-state index contributed by atoms with van der Waals surface area (Å²) in [6.07, 6.45) is 5.62. The number of hydrogen-bond donors (Lipinski definition) is 4. The van der Waals surface area contributed by atoms with Gasteiger partial charge in [0.1, 0.15) is 11.1 Å². The maximum atomic E-state index is 12.3. The Kier molecular flexibility index (Phi) is 4.58. The Balaban J connectivity index is 1.27. The van der Waals surface area contributed by atoms with Crippen molar-refractivity contribution in [2.75, 3.05) is 19.8 Å². The van der Waals surface area contributed by atoms with Gasteiger partial charge in [0.25, 0.3) is 6.01 Å². The van der Waals surface area contributed by atoms with Crippen LogP contribution in [0, 0.1) is 17.3 Å². The summed E-state index contributed by atoms with van der Waals surface area (Å²) in [5, 5.41) is 34.4. The van der Waals surface area contributed by atoms with Crippen molar-refractivity contribution in [3.63, 3.8) is 0 Å². The van der Waals surface area contributed by atoms with E-state index in [0.717, 1.165) is 36.8 Å². The predicted octanol–water partition coefficient (Wildman–Crippen LogP) is 2.71. The summed E-state index contributed by atoms with van der Waals surface area (Å²) >= 11 is 0. The van der Waals surface area contributed by atoms with E-state index in [1.165, 1.54) is 5.57 Å². The Morgan fingerprint density at radius 3 is 2.67 bits per heavy atom. The van der Waals surface area contributed by atoms with Crippen molar-refractivity contribution in [3.05, 3.63) is 29.8 Å². The lowest BCUT2D eigenvalue weighted by Crippen LogP contribution is -2.73. The van der Waals surface area contributed by atoms with E-state index < -0.39 is 29.0 Å². The van der Waals surface area contributed by atoms with Crippen LogP contribution in [0.1, 0.15) is 57.4 Å². The molecule has 3 unspecified atom stereocenters. The van der Waals surface area contributed by atoms with E-state index in [0.29, 0.717) is 24.8 Å². The second-order valence-corrected chi connectivity index (χ2v) is 12.7. The van der Waals surface area contributed by atoms with Gasteiger partial charge in [0.2, 0.25) is 0 Å². The molecule has 4 fully saturated rings. The van der Waals surface area contributed by atoms with Crippen LogP contribution in [-0.2, 0) is 4.74 Å². The molecular formula is C28H37N3O5.